The average Bonchev–Trinajstić information content (AvgIpc) is 2.40. The van der Waals surface area contributed by atoms with Crippen molar-refractivity contribution in [2.24, 2.45) is 0 Å². The molecule has 0 fully saturated rings. The lowest BCUT2D eigenvalue weighted by molar-refractivity contribution is -0.385. The monoisotopic (exact) mass is 274 g/mol. The summed E-state index contributed by atoms with van der Waals surface area (Å²) in [6.07, 6.45) is 0. The second-order valence-electron chi connectivity index (χ2n) is 4.15. The van der Waals surface area contributed by atoms with Gasteiger partial charge in [0, 0.05) is 19.2 Å². The third kappa shape index (κ3) is 2.82. The molecular formula is C13H14N4O3. The fourth-order valence-corrected chi connectivity index (χ4v) is 1.74. The standard InChI is InChI=1S/C13H14N4O3/c1-8-10(17(18)19)5-4-6-11(8)20-13-7-12(14-3)15-9(2)16-13/h4-7H,1-3H3,(H,14,15,16). The molecule has 0 radical (unpaired) electrons. The van der Waals surface area contributed by atoms with E-state index in [1.807, 2.05) is 0 Å². The van der Waals surface area contributed by atoms with Crippen LogP contribution in [-0.2, 0) is 0 Å². The van der Waals surface area contributed by atoms with Crippen molar-refractivity contribution in [3.8, 4) is 11.6 Å². The Labute approximate surface area is 115 Å². The highest BCUT2D eigenvalue weighted by molar-refractivity contribution is 5.50. The maximum absolute atomic E-state index is 10.9. The van der Waals surface area contributed by atoms with Gasteiger partial charge >= 0.3 is 0 Å². The van der Waals surface area contributed by atoms with Crippen molar-refractivity contribution in [1.82, 2.24) is 9.97 Å². The van der Waals surface area contributed by atoms with E-state index < -0.39 is 4.92 Å². The van der Waals surface area contributed by atoms with Gasteiger partial charge in [0.2, 0.25) is 5.88 Å². The van der Waals surface area contributed by atoms with Crippen molar-refractivity contribution in [1.29, 1.82) is 0 Å². The molecule has 0 aliphatic heterocycles. The Morgan fingerprint density at radius 1 is 1.30 bits per heavy atom. The molecule has 7 heteroatoms. The van der Waals surface area contributed by atoms with E-state index >= 15 is 0 Å². The highest BCUT2D eigenvalue weighted by Crippen LogP contribution is 2.30. The number of rotatable bonds is 4. The van der Waals surface area contributed by atoms with Crippen LogP contribution in [0.15, 0.2) is 24.3 Å². The zero-order valence-electron chi connectivity index (χ0n) is 11.4. The molecule has 0 bridgehead atoms. The molecule has 104 valence electrons. The first-order valence-corrected chi connectivity index (χ1v) is 5.96. The van der Waals surface area contributed by atoms with Gasteiger partial charge in [-0.1, -0.05) is 6.07 Å². The van der Waals surface area contributed by atoms with Crippen LogP contribution in [0.5, 0.6) is 11.6 Å². The molecule has 0 unspecified atom stereocenters. The first-order chi connectivity index (χ1) is 9.51. The van der Waals surface area contributed by atoms with Gasteiger partial charge in [-0.3, -0.25) is 10.1 Å². The highest BCUT2D eigenvalue weighted by atomic mass is 16.6. The number of hydrogen-bond acceptors (Lipinski definition) is 6. The van der Waals surface area contributed by atoms with Crippen LogP contribution in [0.1, 0.15) is 11.4 Å². The molecule has 0 aliphatic carbocycles. The van der Waals surface area contributed by atoms with Crippen molar-refractivity contribution >= 4 is 11.5 Å². The minimum Gasteiger partial charge on any atom is -0.438 e. The van der Waals surface area contributed by atoms with Crippen LogP contribution >= 0.6 is 0 Å². The maximum Gasteiger partial charge on any atom is 0.276 e. The van der Waals surface area contributed by atoms with Crippen LogP contribution in [0, 0.1) is 24.0 Å². The summed E-state index contributed by atoms with van der Waals surface area (Å²) in [5.74, 6) is 1.91. The predicted molar refractivity (Wildman–Crippen MR) is 74.2 cm³/mol. The molecule has 0 amide bonds. The molecule has 1 heterocycles. The molecule has 1 aromatic carbocycles. The minimum atomic E-state index is -0.438. The van der Waals surface area contributed by atoms with Gasteiger partial charge in [0.1, 0.15) is 17.4 Å². The Hall–Kier alpha value is -2.70. The van der Waals surface area contributed by atoms with E-state index in [9.17, 15) is 10.1 Å². The first kappa shape index (κ1) is 13.7. The van der Waals surface area contributed by atoms with Gasteiger partial charge in [-0.15, -0.1) is 0 Å². The summed E-state index contributed by atoms with van der Waals surface area (Å²) in [6.45, 7) is 3.38. The molecule has 0 saturated heterocycles. The van der Waals surface area contributed by atoms with Crippen LogP contribution in [0.4, 0.5) is 11.5 Å². The smallest absolute Gasteiger partial charge is 0.276 e. The number of ether oxygens (including phenoxy) is 1. The number of nitrogens with zero attached hydrogens (tertiary/aromatic N) is 3. The van der Waals surface area contributed by atoms with E-state index in [-0.39, 0.29) is 5.69 Å². The summed E-state index contributed by atoms with van der Waals surface area (Å²) in [5, 5.41) is 13.8. The van der Waals surface area contributed by atoms with Crippen LogP contribution in [0.25, 0.3) is 0 Å². The van der Waals surface area contributed by atoms with Crippen LogP contribution in [-0.4, -0.2) is 21.9 Å². The van der Waals surface area contributed by atoms with Crippen molar-refractivity contribution in [3.63, 3.8) is 0 Å². The quantitative estimate of drug-likeness (QED) is 0.681. The molecule has 0 aliphatic rings. The molecular weight excluding hydrogens is 260 g/mol. The summed E-state index contributed by atoms with van der Waals surface area (Å²) in [6, 6.07) is 6.31. The largest absolute Gasteiger partial charge is 0.438 e. The van der Waals surface area contributed by atoms with Crippen molar-refractivity contribution in [2.75, 3.05) is 12.4 Å². The van der Waals surface area contributed by atoms with Gasteiger partial charge in [0.05, 0.1) is 10.5 Å². The number of nitro benzene ring substituents is 1. The van der Waals surface area contributed by atoms with E-state index in [1.54, 1.807) is 39.1 Å². The number of anilines is 1. The third-order valence-corrected chi connectivity index (χ3v) is 2.74. The lowest BCUT2D eigenvalue weighted by atomic mass is 10.2. The molecule has 0 atom stereocenters. The second kappa shape index (κ2) is 5.52. The SMILES string of the molecule is CNc1cc(Oc2cccc([N+](=O)[O-])c2C)nc(C)n1. The Bertz CT molecular complexity index is 658. The van der Waals surface area contributed by atoms with Crippen LogP contribution in [0.3, 0.4) is 0 Å². The van der Waals surface area contributed by atoms with Crippen molar-refractivity contribution in [2.45, 2.75) is 13.8 Å². The number of aromatic nitrogens is 2. The third-order valence-electron chi connectivity index (χ3n) is 2.74. The molecule has 1 aromatic heterocycles. The van der Waals surface area contributed by atoms with Crippen LogP contribution < -0.4 is 10.1 Å². The lowest BCUT2D eigenvalue weighted by Crippen LogP contribution is -2.00. The van der Waals surface area contributed by atoms with Gasteiger partial charge in [0.25, 0.3) is 5.69 Å². The summed E-state index contributed by atoms with van der Waals surface area (Å²) in [7, 11) is 1.74. The molecule has 2 aromatic rings. The molecule has 0 saturated carbocycles. The van der Waals surface area contributed by atoms with E-state index in [4.69, 9.17) is 4.74 Å². The van der Waals surface area contributed by atoms with E-state index in [0.717, 1.165) is 0 Å². The normalized spacial score (nSPS) is 10.2. The summed E-state index contributed by atoms with van der Waals surface area (Å²) in [4.78, 5) is 18.8. The topological polar surface area (TPSA) is 90.2 Å². The van der Waals surface area contributed by atoms with Gasteiger partial charge in [0.15, 0.2) is 0 Å². The maximum atomic E-state index is 10.9. The number of nitrogens with one attached hydrogen (secondary N) is 1. The van der Waals surface area contributed by atoms with E-state index in [1.165, 1.54) is 6.07 Å². The van der Waals surface area contributed by atoms with E-state index in [2.05, 4.69) is 15.3 Å². The van der Waals surface area contributed by atoms with Gasteiger partial charge in [-0.2, -0.15) is 4.98 Å². The van der Waals surface area contributed by atoms with Gasteiger partial charge in [-0.05, 0) is 19.9 Å². The zero-order chi connectivity index (χ0) is 14.7. The number of benzene rings is 1. The van der Waals surface area contributed by atoms with Gasteiger partial charge in [-0.25, -0.2) is 4.98 Å². The zero-order valence-corrected chi connectivity index (χ0v) is 11.4. The Kier molecular flexibility index (Phi) is 3.79. The predicted octanol–water partition coefficient (Wildman–Crippen LogP) is 2.84. The number of hydrogen-bond donors (Lipinski definition) is 1. The van der Waals surface area contributed by atoms with Crippen molar-refractivity contribution in [3.05, 3.63) is 45.8 Å². The second-order valence-corrected chi connectivity index (χ2v) is 4.15. The average molecular weight is 274 g/mol. The van der Waals surface area contributed by atoms with E-state index in [0.29, 0.717) is 28.8 Å². The first-order valence-electron chi connectivity index (χ1n) is 5.96. The van der Waals surface area contributed by atoms with Gasteiger partial charge < -0.3 is 10.1 Å². The molecule has 2 rings (SSSR count). The summed E-state index contributed by atoms with van der Waals surface area (Å²) in [5.41, 5.74) is 0.474. The molecule has 1 N–H and O–H groups in total. The minimum absolute atomic E-state index is 0.0159. The Balaban J connectivity index is 2.37. The van der Waals surface area contributed by atoms with Crippen LogP contribution in [0.2, 0.25) is 0 Å². The van der Waals surface area contributed by atoms with Crippen molar-refractivity contribution < 1.29 is 9.66 Å². The fraction of sp³-hybridized carbons (Fsp3) is 0.231. The highest BCUT2D eigenvalue weighted by Gasteiger charge is 2.15. The summed E-state index contributed by atoms with van der Waals surface area (Å²) < 4.78 is 5.63. The Morgan fingerprint density at radius 3 is 2.70 bits per heavy atom. The molecule has 20 heavy (non-hydrogen) atoms. The number of aryl methyl sites for hydroxylation is 1. The molecule has 0 spiro atoms. The lowest BCUT2D eigenvalue weighted by Gasteiger charge is -2.09. The summed E-state index contributed by atoms with van der Waals surface area (Å²) >= 11 is 0. The number of nitro groups is 1. The Morgan fingerprint density at radius 2 is 2.05 bits per heavy atom. The molecule has 7 nitrogen and oxygen atoms in total. The fourth-order valence-electron chi connectivity index (χ4n) is 1.74.